The van der Waals surface area contributed by atoms with Crippen LogP contribution in [-0.2, 0) is 0 Å². The van der Waals surface area contributed by atoms with Crippen LogP contribution in [0, 0.1) is 0 Å². The Kier molecular flexibility index (Phi) is 3.60. The van der Waals surface area contributed by atoms with E-state index in [9.17, 15) is 4.79 Å². The van der Waals surface area contributed by atoms with Gasteiger partial charge in [-0.05, 0) is 24.3 Å². The Morgan fingerprint density at radius 2 is 1.76 bits per heavy atom. The molecule has 0 fully saturated rings. The van der Waals surface area contributed by atoms with Gasteiger partial charge in [0.05, 0.1) is 35.7 Å². The zero-order valence-corrected chi connectivity index (χ0v) is 11.1. The van der Waals surface area contributed by atoms with E-state index in [4.69, 9.17) is 0 Å². The van der Waals surface area contributed by atoms with Crippen molar-refractivity contribution in [3.8, 4) is 5.69 Å². The highest BCUT2D eigenvalue weighted by Crippen LogP contribution is 2.12. The van der Waals surface area contributed by atoms with E-state index >= 15 is 0 Å². The molecular weight excluding hydrogens is 266 g/mol. The molecule has 0 spiro atoms. The average Bonchev–Trinajstić information content (AvgIpc) is 2.97. The number of nitrogens with zero attached hydrogens (tertiary/aromatic N) is 3. The molecule has 0 aliphatic rings. The van der Waals surface area contributed by atoms with Crippen LogP contribution in [0.1, 0.15) is 0 Å². The number of carbonyl (C=O) groups excluding carboxylic acids is 1. The number of para-hydroxylation sites is 1. The van der Waals surface area contributed by atoms with Crippen LogP contribution in [0.3, 0.4) is 0 Å². The Balaban J connectivity index is 1.66. The maximum Gasteiger partial charge on any atom is 0.323 e. The highest BCUT2D eigenvalue weighted by Gasteiger charge is 2.05. The Hall–Kier alpha value is -3.15. The molecule has 0 radical (unpaired) electrons. The van der Waals surface area contributed by atoms with E-state index < -0.39 is 0 Å². The minimum Gasteiger partial charge on any atom is -0.306 e. The summed E-state index contributed by atoms with van der Waals surface area (Å²) < 4.78 is 1.69. The summed E-state index contributed by atoms with van der Waals surface area (Å²) in [6, 6.07) is 12.9. The molecule has 0 unspecified atom stereocenters. The molecular formula is C15H13N5O. The first kappa shape index (κ1) is 12.9. The number of pyridine rings is 1. The van der Waals surface area contributed by atoms with Gasteiger partial charge in [0.25, 0.3) is 0 Å². The number of anilines is 2. The molecule has 3 rings (SSSR count). The number of amides is 2. The van der Waals surface area contributed by atoms with Crippen LogP contribution in [0.25, 0.3) is 5.69 Å². The lowest BCUT2D eigenvalue weighted by molar-refractivity contribution is 0.262. The molecule has 0 atom stereocenters. The molecule has 21 heavy (non-hydrogen) atoms. The second-order valence-electron chi connectivity index (χ2n) is 4.33. The number of carbonyl (C=O) groups is 1. The van der Waals surface area contributed by atoms with Crippen LogP contribution < -0.4 is 10.6 Å². The lowest BCUT2D eigenvalue weighted by atomic mass is 10.3. The minimum absolute atomic E-state index is 0.337. The van der Waals surface area contributed by atoms with Gasteiger partial charge in [-0.25, -0.2) is 9.48 Å². The molecule has 6 nitrogen and oxygen atoms in total. The van der Waals surface area contributed by atoms with Crippen molar-refractivity contribution in [1.82, 2.24) is 14.8 Å². The highest BCUT2D eigenvalue weighted by atomic mass is 16.2. The zero-order chi connectivity index (χ0) is 14.5. The maximum atomic E-state index is 11.8. The summed E-state index contributed by atoms with van der Waals surface area (Å²) in [6.45, 7) is 0. The van der Waals surface area contributed by atoms with E-state index in [0.29, 0.717) is 11.4 Å². The van der Waals surface area contributed by atoms with Gasteiger partial charge in [0.2, 0.25) is 0 Å². The Morgan fingerprint density at radius 1 is 0.952 bits per heavy atom. The topological polar surface area (TPSA) is 71.8 Å². The first-order chi connectivity index (χ1) is 10.3. The smallest absolute Gasteiger partial charge is 0.306 e. The third-order valence-corrected chi connectivity index (χ3v) is 2.78. The monoisotopic (exact) mass is 279 g/mol. The van der Waals surface area contributed by atoms with Crippen molar-refractivity contribution in [3.63, 3.8) is 0 Å². The maximum absolute atomic E-state index is 11.8. The molecule has 0 saturated heterocycles. The zero-order valence-electron chi connectivity index (χ0n) is 11.1. The number of rotatable bonds is 3. The number of benzene rings is 1. The SMILES string of the molecule is O=C(Nc1cccnc1)Nc1cnn(-c2ccccc2)c1. The van der Waals surface area contributed by atoms with Crippen molar-refractivity contribution in [2.75, 3.05) is 10.6 Å². The van der Waals surface area contributed by atoms with Gasteiger partial charge in [0, 0.05) is 6.20 Å². The van der Waals surface area contributed by atoms with Crippen molar-refractivity contribution >= 4 is 17.4 Å². The summed E-state index contributed by atoms with van der Waals surface area (Å²) in [5.74, 6) is 0. The summed E-state index contributed by atoms with van der Waals surface area (Å²) in [4.78, 5) is 15.8. The van der Waals surface area contributed by atoms with Gasteiger partial charge < -0.3 is 10.6 Å². The molecule has 2 aromatic heterocycles. The summed E-state index contributed by atoms with van der Waals surface area (Å²) in [5.41, 5.74) is 2.17. The van der Waals surface area contributed by atoms with Gasteiger partial charge in [-0.2, -0.15) is 5.10 Å². The number of hydrogen-bond donors (Lipinski definition) is 2. The second-order valence-corrected chi connectivity index (χ2v) is 4.33. The Labute approximate surface area is 121 Å². The normalized spacial score (nSPS) is 10.1. The van der Waals surface area contributed by atoms with Crippen molar-refractivity contribution in [1.29, 1.82) is 0 Å². The van der Waals surface area contributed by atoms with Crippen LogP contribution >= 0.6 is 0 Å². The van der Waals surface area contributed by atoms with Gasteiger partial charge in [0.1, 0.15) is 0 Å². The van der Waals surface area contributed by atoms with Crippen molar-refractivity contribution in [2.45, 2.75) is 0 Å². The number of urea groups is 1. The van der Waals surface area contributed by atoms with Crippen LogP contribution in [0.2, 0.25) is 0 Å². The standard InChI is InChI=1S/C15H13N5O/c21-15(18-12-5-4-8-16-9-12)19-13-10-17-20(11-13)14-6-2-1-3-7-14/h1-11H,(H2,18,19,21). The van der Waals surface area contributed by atoms with Gasteiger partial charge in [0.15, 0.2) is 0 Å². The molecule has 0 aliphatic carbocycles. The van der Waals surface area contributed by atoms with Gasteiger partial charge in [-0.1, -0.05) is 18.2 Å². The largest absolute Gasteiger partial charge is 0.323 e. The summed E-state index contributed by atoms with van der Waals surface area (Å²) in [6.07, 6.45) is 6.56. The molecule has 2 amide bonds. The molecule has 104 valence electrons. The predicted octanol–water partition coefficient (Wildman–Crippen LogP) is 2.91. The first-order valence-electron chi connectivity index (χ1n) is 6.39. The van der Waals surface area contributed by atoms with Crippen LogP contribution in [0.5, 0.6) is 0 Å². The second kappa shape index (κ2) is 5.87. The molecule has 0 bridgehead atoms. The van der Waals surface area contributed by atoms with Crippen LogP contribution in [-0.4, -0.2) is 20.8 Å². The van der Waals surface area contributed by atoms with E-state index in [1.54, 1.807) is 41.6 Å². The number of hydrogen-bond acceptors (Lipinski definition) is 3. The van der Waals surface area contributed by atoms with Gasteiger partial charge >= 0.3 is 6.03 Å². The Bertz CT molecular complexity index is 724. The van der Waals surface area contributed by atoms with E-state index in [1.165, 1.54) is 0 Å². The minimum atomic E-state index is -0.337. The molecule has 6 heteroatoms. The molecule has 0 aliphatic heterocycles. The van der Waals surface area contributed by atoms with E-state index in [2.05, 4.69) is 20.7 Å². The molecule has 3 aromatic rings. The first-order valence-corrected chi connectivity index (χ1v) is 6.39. The number of nitrogens with one attached hydrogen (secondary N) is 2. The Morgan fingerprint density at radius 3 is 2.52 bits per heavy atom. The van der Waals surface area contributed by atoms with Crippen LogP contribution in [0.15, 0.2) is 67.3 Å². The average molecular weight is 279 g/mol. The fraction of sp³-hybridized carbons (Fsp3) is 0. The lowest BCUT2D eigenvalue weighted by Crippen LogP contribution is -2.19. The number of aromatic nitrogens is 3. The summed E-state index contributed by atoms with van der Waals surface area (Å²) >= 11 is 0. The molecule has 2 N–H and O–H groups in total. The third kappa shape index (κ3) is 3.24. The summed E-state index contributed by atoms with van der Waals surface area (Å²) in [5, 5.41) is 9.62. The van der Waals surface area contributed by atoms with E-state index in [-0.39, 0.29) is 6.03 Å². The van der Waals surface area contributed by atoms with Crippen molar-refractivity contribution in [2.24, 2.45) is 0 Å². The predicted molar refractivity (Wildman–Crippen MR) is 80.4 cm³/mol. The molecule has 0 saturated carbocycles. The highest BCUT2D eigenvalue weighted by molar-refractivity contribution is 5.99. The van der Waals surface area contributed by atoms with Crippen molar-refractivity contribution in [3.05, 3.63) is 67.3 Å². The molecule has 1 aromatic carbocycles. The quantitative estimate of drug-likeness (QED) is 0.774. The van der Waals surface area contributed by atoms with Crippen LogP contribution in [0.4, 0.5) is 16.2 Å². The fourth-order valence-electron chi connectivity index (χ4n) is 1.84. The van der Waals surface area contributed by atoms with Gasteiger partial charge in [-0.3, -0.25) is 4.98 Å². The lowest BCUT2D eigenvalue weighted by Gasteiger charge is -2.04. The van der Waals surface area contributed by atoms with Crippen molar-refractivity contribution < 1.29 is 4.79 Å². The fourth-order valence-corrected chi connectivity index (χ4v) is 1.84. The molecule has 2 heterocycles. The third-order valence-electron chi connectivity index (χ3n) is 2.78. The van der Waals surface area contributed by atoms with E-state index in [0.717, 1.165) is 5.69 Å². The van der Waals surface area contributed by atoms with E-state index in [1.807, 2.05) is 30.3 Å². The van der Waals surface area contributed by atoms with Gasteiger partial charge in [-0.15, -0.1) is 0 Å². The summed E-state index contributed by atoms with van der Waals surface area (Å²) in [7, 11) is 0.